The van der Waals surface area contributed by atoms with Crippen LogP contribution >= 0.6 is 0 Å². The molecule has 0 aromatic heterocycles. The van der Waals surface area contributed by atoms with Crippen LogP contribution in [0.15, 0.2) is 66.7 Å². The molecule has 0 saturated heterocycles. The van der Waals surface area contributed by atoms with E-state index in [0.717, 1.165) is 22.1 Å². The lowest BCUT2D eigenvalue weighted by Gasteiger charge is -2.18. The van der Waals surface area contributed by atoms with Crippen molar-refractivity contribution in [2.24, 2.45) is 0 Å². The van der Waals surface area contributed by atoms with Crippen molar-refractivity contribution in [1.82, 2.24) is 5.32 Å². The second-order valence-corrected chi connectivity index (χ2v) is 6.28. The molecule has 1 N–H and O–H groups in total. The molecule has 0 bridgehead atoms. The van der Waals surface area contributed by atoms with Crippen molar-refractivity contribution in [3.8, 4) is 11.5 Å². The molecule has 4 heteroatoms. The van der Waals surface area contributed by atoms with Gasteiger partial charge in [0, 0.05) is 12.1 Å². The summed E-state index contributed by atoms with van der Waals surface area (Å²) in [6.07, 6.45) is 0.0524. The number of carbonyl (C=O) groups excluding carboxylic acids is 1. The highest BCUT2D eigenvalue weighted by Crippen LogP contribution is 2.22. The van der Waals surface area contributed by atoms with Gasteiger partial charge in [0.05, 0.1) is 6.61 Å². The normalized spacial score (nSPS) is 11.8. The fraction of sp³-hybridized carbons (Fsp3) is 0.261. The van der Waals surface area contributed by atoms with Gasteiger partial charge in [-0.05, 0) is 42.3 Å². The van der Waals surface area contributed by atoms with Gasteiger partial charge in [0.15, 0.2) is 6.10 Å². The monoisotopic (exact) mass is 363 g/mol. The predicted octanol–water partition coefficient (Wildman–Crippen LogP) is 4.71. The second-order valence-electron chi connectivity index (χ2n) is 6.28. The summed E-state index contributed by atoms with van der Waals surface area (Å²) in [5, 5.41) is 5.20. The Bertz CT molecular complexity index is 907. The summed E-state index contributed by atoms with van der Waals surface area (Å²) in [5.74, 6) is 1.37. The topological polar surface area (TPSA) is 47.6 Å². The summed E-state index contributed by atoms with van der Waals surface area (Å²) in [4.78, 5) is 12.6. The SMILES string of the molecule is CCOc1ccccc1CNC(=O)[C@@H](CC)Oc1ccc2ccccc2c1. The van der Waals surface area contributed by atoms with Gasteiger partial charge >= 0.3 is 0 Å². The molecule has 3 rings (SSSR count). The average molecular weight is 363 g/mol. The third kappa shape index (κ3) is 4.79. The van der Waals surface area contributed by atoms with E-state index >= 15 is 0 Å². The lowest BCUT2D eigenvalue weighted by Crippen LogP contribution is -2.37. The minimum atomic E-state index is -0.537. The summed E-state index contributed by atoms with van der Waals surface area (Å²) < 4.78 is 11.6. The number of para-hydroxylation sites is 1. The molecule has 3 aromatic carbocycles. The predicted molar refractivity (Wildman–Crippen MR) is 108 cm³/mol. The van der Waals surface area contributed by atoms with E-state index in [-0.39, 0.29) is 5.91 Å². The van der Waals surface area contributed by atoms with Crippen molar-refractivity contribution in [3.63, 3.8) is 0 Å². The molecule has 0 unspecified atom stereocenters. The van der Waals surface area contributed by atoms with Gasteiger partial charge in [-0.2, -0.15) is 0 Å². The van der Waals surface area contributed by atoms with E-state index < -0.39 is 6.10 Å². The summed E-state index contributed by atoms with van der Waals surface area (Å²) >= 11 is 0. The Morgan fingerprint density at radius 3 is 2.48 bits per heavy atom. The van der Waals surface area contributed by atoms with Crippen LogP contribution in [-0.4, -0.2) is 18.6 Å². The molecule has 0 heterocycles. The number of ether oxygens (including phenoxy) is 2. The molecule has 0 radical (unpaired) electrons. The fourth-order valence-corrected chi connectivity index (χ4v) is 2.97. The van der Waals surface area contributed by atoms with Gasteiger partial charge in [-0.15, -0.1) is 0 Å². The fourth-order valence-electron chi connectivity index (χ4n) is 2.97. The van der Waals surface area contributed by atoms with Gasteiger partial charge in [0.2, 0.25) is 0 Å². The molecule has 0 aliphatic carbocycles. The van der Waals surface area contributed by atoms with Gasteiger partial charge < -0.3 is 14.8 Å². The standard InChI is InChI=1S/C23H25NO3/c1-3-21(27-20-14-13-17-9-5-6-10-18(17)15-20)23(25)24-16-19-11-7-8-12-22(19)26-4-2/h5-15,21H,3-4,16H2,1-2H3,(H,24,25)/t21-/m1/s1. The van der Waals surface area contributed by atoms with Crippen LogP contribution in [-0.2, 0) is 11.3 Å². The lowest BCUT2D eigenvalue weighted by molar-refractivity contribution is -0.128. The Labute approximate surface area is 160 Å². The molecule has 140 valence electrons. The number of benzene rings is 3. The Morgan fingerprint density at radius 2 is 1.70 bits per heavy atom. The van der Waals surface area contributed by atoms with Gasteiger partial charge in [-0.3, -0.25) is 4.79 Å². The quantitative estimate of drug-likeness (QED) is 0.630. The maximum absolute atomic E-state index is 12.6. The van der Waals surface area contributed by atoms with E-state index in [1.54, 1.807) is 0 Å². The molecule has 0 aliphatic heterocycles. The third-order valence-corrected chi connectivity index (χ3v) is 4.39. The van der Waals surface area contributed by atoms with Crippen molar-refractivity contribution >= 4 is 16.7 Å². The number of carbonyl (C=O) groups is 1. The highest BCUT2D eigenvalue weighted by molar-refractivity contribution is 5.84. The van der Waals surface area contributed by atoms with Crippen LogP contribution in [0.4, 0.5) is 0 Å². The van der Waals surface area contributed by atoms with Crippen molar-refractivity contribution in [1.29, 1.82) is 0 Å². The van der Waals surface area contributed by atoms with Crippen LogP contribution in [0.25, 0.3) is 10.8 Å². The summed E-state index contributed by atoms with van der Waals surface area (Å²) in [5.41, 5.74) is 0.952. The molecule has 1 amide bonds. The lowest BCUT2D eigenvalue weighted by atomic mass is 10.1. The third-order valence-electron chi connectivity index (χ3n) is 4.39. The van der Waals surface area contributed by atoms with E-state index in [9.17, 15) is 4.79 Å². The largest absolute Gasteiger partial charge is 0.494 e. The molecule has 0 fully saturated rings. The molecule has 0 saturated carbocycles. The first-order chi connectivity index (χ1) is 13.2. The van der Waals surface area contributed by atoms with Crippen molar-refractivity contribution in [2.45, 2.75) is 32.9 Å². The average Bonchev–Trinajstić information content (AvgIpc) is 2.71. The van der Waals surface area contributed by atoms with Crippen LogP contribution in [0.5, 0.6) is 11.5 Å². The summed E-state index contributed by atoms with van der Waals surface area (Å²) in [7, 11) is 0. The minimum Gasteiger partial charge on any atom is -0.494 e. The first-order valence-electron chi connectivity index (χ1n) is 9.35. The summed E-state index contributed by atoms with van der Waals surface area (Å²) in [6.45, 7) is 4.89. The van der Waals surface area contributed by atoms with E-state index in [2.05, 4.69) is 11.4 Å². The Balaban J connectivity index is 1.65. The molecular formula is C23H25NO3. The van der Waals surface area contributed by atoms with Crippen LogP contribution in [0, 0.1) is 0 Å². The van der Waals surface area contributed by atoms with E-state index in [1.165, 1.54) is 0 Å². The van der Waals surface area contributed by atoms with Gasteiger partial charge in [0.25, 0.3) is 5.91 Å². The number of hydrogen-bond acceptors (Lipinski definition) is 3. The molecular weight excluding hydrogens is 338 g/mol. The zero-order valence-electron chi connectivity index (χ0n) is 15.8. The maximum atomic E-state index is 12.6. The van der Waals surface area contributed by atoms with Crippen molar-refractivity contribution < 1.29 is 14.3 Å². The minimum absolute atomic E-state index is 0.128. The van der Waals surface area contributed by atoms with Crippen LogP contribution < -0.4 is 14.8 Å². The van der Waals surface area contributed by atoms with Crippen LogP contribution in [0.1, 0.15) is 25.8 Å². The number of rotatable bonds is 8. The van der Waals surface area contributed by atoms with Crippen LogP contribution in [0.3, 0.4) is 0 Å². The molecule has 0 spiro atoms. The molecule has 3 aromatic rings. The highest BCUT2D eigenvalue weighted by atomic mass is 16.5. The van der Waals surface area contributed by atoms with Gasteiger partial charge in [-0.25, -0.2) is 0 Å². The smallest absolute Gasteiger partial charge is 0.261 e. The van der Waals surface area contributed by atoms with E-state index in [0.29, 0.717) is 25.3 Å². The zero-order chi connectivity index (χ0) is 19.1. The number of hydrogen-bond donors (Lipinski definition) is 1. The number of amides is 1. The maximum Gasteiger partial charge on any atom is 0.261 e. The Morgan fingerprint density at radius 1 is 0.963 bits per heavy atom. The second kappa shape index (κ2) is 9.08. The van der Waals surface area contributed by atoms with Crippen molar-refractivity contribution in [2.75, 3.05) is 6.61 Å². The number of fused-ring (bicyclic) bond motifs is 1. The summed E-state index contributed by atoms with van der Waals surface area (Å²) in [6, 6.07) is 21.7. The first-order valence-corrected chi connectivity index (χ1v) is 9.35. The van der Waals surface area contributed by atoms with Gasteiger partial charge in [-0.1, -0.05) is 55.5 Å². The van der Waals surface area contributed by atoms with Crippen LogP contribution in [0.2, 0.25) is 0 Å². The molecule has 1 atom stereocenters. The highest BCUT2D eigenvalue weighted by Gasteiger charge is 2.18. The molecule has 0 aliphatic rings. The molecule has 27 heavy (non-hydrogen) atoms. The first kappa shape index (κ1) is 18.8. The van der Waals surface area contributed by atoms with E-state index in [1.807, 2.05) is 74.5 Å². The van der Waals surface area contributed by atoms with Crippen molar-refractivity contribution in [3.05, 3.63) is 72.3 Å². The Kier molecular flexibility index (Phi) is 6.31. The number of nitrogens with one attached hydrogen (secondary N) is 1. The molecule has 4 nitrogen and oxygen atoms in total. The Hall–Kier alpha value is -3.01. The van der Waals surface area contributed by atoms with E-state index in [4.69, 9.17) is 9.47 Å². The zero-order valence-corrected chi connectivity index (χ0v) is 15.8. The van der Waals surface area contributed by atoms with Gasteiger partial charge in [0.1, 0.15) is 11.5 Å².